The average molecular weight is 340 g/mol. The highest BCUT2D eigenvalue weighted by molar-refractivity contribution is 7.89. The SMILES string of the molecule is CCN(CC1CCOC1)C(=O)c1ccc(S(=O)(=O)N(C)C)cc1. The van der Waals surface area contributed by atoms with Crippen molar-refractivity contribution < 1.29 is 17.9 Å². The van der Waals surface area contributed by atoms with Crippen LogP contribution in [0.1, 0.15) is 23.7 Å². The Morgan fingerprint density at radius 1 is 1.26 bits per heavy atom. The van der Waals surface area contributed by atoms with Gasteiger partial charge < -0.3 is 9.64 Å². The molecule has 2 rings (SSSR count). The summed E-state index contributed by atoms with van der Waals surface area (Å²) < 4.78 is 30.6. The molecule has 1 aliphatic rings. The van der Waals surface area contributed by atoms with Crippen molar-refractivity contribution in [2.24, 2.45) is 5.92 Å². The van der Waals surface area contributed by atoms with E-state index in [-0.39, 0.29) is 10.8 Å². The summed E-state index contributed by atoms with van der Waals surface area (Å²) in [6, 6.07) is 6.11. The second-order valence-electron chi connectivity index (χ2n) is 5.89. The molecule has 1 fully saturated rings. The van der Waals surface area contributed by atoms with Gasteiger partial charge in [-0.2, -0.15) is 0 Å². The fraction of sp³-hybridized carbons (Fsp3) is 0.562. The number of hydrogen-bond acceptors (Lipinski definition) is 4. The molecule has 1 aromatic rings. The number of nitrogens with zero attached hydrogens (tertiary/aromatic N) is 2. The lowest BCUT2D eigenvalue weighted by Crippen LogP contribution is -2.35. The number of hydrogen-bond donors (Lipinski definition) is 0. The van der Waals surface area contributed by atoms with E-state index in [1.807, 2.05) is 6.92 Å². The van der Waals surface area contributed by atoms with Gasteiger partial charge in [0.05, 0.1) is 11.5 Å². The van der Waals surface area contributed by atoms with Gasteiger partial charge in [-0.05, 0) is 37.6 Å². The fourth-order valence-electron chi connectivity index (χ4n) is 2.56. The molecule has 1 heterocycles. The molecule has 0 aliphatic carbocycles. The Labute approximate surface area is 138 Å². The molecule has 1 unspecified atom stereocenters. The summed E-state index contributed by atoms with van der Waals surface area (Å²) in [6.07, 6.45) is 0.976. The van der Waals surface area contributed by atoms with E-state index in [1.54, 1.807) is 17.0 Å². The summed E-state index contributed by atoms with van der Waals surface area (Å²) in [6.45, 7) is 4.69. The van der Waals surface area contributed by atoms with Gasteiger partial charge in [0.25, 0.3) is 5.91 Å². The molecule has 128 valence electrons. The third-order valence-corrected chi connectivity index (χ3v) is 5.88. The van der Waals surface area contributed by atoms with Gasteiger partial charge in [0.1, 0.15) is 0 Å². The maximum Gasteiger partial charge on any atom is 0.253 e. The van der Waals surface area contributed by atoms with Crippen LogP contribution in [0.4, 0.5) is 0 Å². The molecule has 0 saturated carbocycles. The minimum atomic E-state index is -3.47. The van der Waals surface area contributed by atoms with E-state index in [4.69, 9.17) is 4.74 Å². The van der Waals surface area contributed by atoms with Crippen LogP contribution in [0.2, 0.25) is 0 Å². The summed E-state index contributed by atoms with van der Waals surface area (Å²) in [5.41, 5.74) is 0.503. The standard InChI is InChI=1S/C16H24N2O4S/c1-4-18(11-13-9-10-22-12-13)16(19)14-5-7-15(8-6-14)23(20,21)17(2)3/h5-8,13H,4,9-12H2,1-3H3. The summed E-state index contributed by atoms with van der Waals surface area (Å²) in [5, 5.41) is 0. The lowest BCUT2D eigenvalue weighted by atomic mass is 10.1. The number of ether oxygens (including phenoxy) is 1. The van der Waals surface area contributed by atoms with E-state index in [1.165, 1.54) is 26.2 Å². The molecule has 0 bridgehead atoms. The summed E-state index contributed by atoms with van der Waals surface area (Å²) in [4.78, 5) is 14.6. The van der Waals surface area contributed by atoms with E-state index in [0.717, 1.165) is 17.3 Å². The molecule has 1 aromatic carbocycles. The molecule has 1 atom stereocenters. The van der Waals surface area contributed by atoms with E-state index in [2.05, 4.69) is 0 Å². The van der Waals surface area contributed by atoms with Gasteiger partial charge in [0, 0.05) is 45.3 Å². The Morgan fingerprint density at radius 2 is 1.91 bits per heavy atom. The van der Waals surface area contributed by atoms with Crippen molar-refractivity contribution in [2.75, 3.05) is 40.4 Å². The van der Waals surface area contributed by atoms with E-state index in [9.17, 15) is 13.2 Å². The quantitative estimate of drug-likeness (QED) is 0.786. The molecular formula is C16H24N2O4S. The zero-order valence-electron chi connectivity index (χ0n) is 13.9. The maximum atomic E-state index is 12.6. The molecule has 7 heteroatoms. The van der Waals surface area contributed by atoms with Gasteiger partial charge in [0.15, 0.2) is 0 Å². The summed E-state index contributed by atoms with van der Waals surface area (Å²) >= 11 is 0. The molecule has 0 aromatic heterocycles. The topological polar surface area (TPSA) is 66.9 Å². The first kappa shape index (κ1) is 17.9. The lowest BCUT2D eigenvalue weighted by Gasteiger charge is -2.24. The van der Waals surface area contributed by atoms with Crippen LogP contribution in [-0.4, -0.2) is 63.9 Å². The van der Waals surface area contributed by atoms with E-state index >= 15 is 0 Å². The van der Waals surface area contributed by atoms with Crippen LogP contribution in [-0.2, 0) is 14.8 Å². The van der Waals surface area contributed by atoms with Crippen LogP contribution in [0.5, 0.6) is 0 Å². The van der Waals surface area contributed by atoms with E-state index in [0.29, 0.717) is 31.2 Å². The predicted molar refractivity (Wildman–Crippen MR) is 87.8 cm³/mol. The van der Waals surface area contributed by atoms with Crippen molar-refractivity contribution in [2.45, 2.75) is 18.2 Å². The van der Waals surface area contributed by atoms with Gasteiger partial charge in [0.2, 0.25) is 10.0 Å². The van der Waals surface area contributed by atoms with Crippen LogP contribution in [0, 0.1) is 5.92 Å². The first-order valence-corrected chi connectivity index (χ1v) is 9.20. The predicted octanol–water partition coefficient (Wildman–Crippen LogP) is 1.44. The van der Waals surface area contributed by atoms with Crippen molar-refractivity contribution in [3.8, 4) is 0 Å². The zero-order valence-corrected chi connectivity index (χ0v) is 14.7. The smallest absolute Gasteiger partial charge is 0.253 e. The number of sulfonamides is 1. The Hall–Kier alpha value is -1.44. The first-order chi connectivity index (χ1) is 10.9. The summed E-state index contributed by atoms with van der Waals surface area (Å²) in [5.74, 6) is 0.306. The largest absolute Gasteiger partial charge is 0.381 e. The van der Waals surface area contributed by atoms with Crippen molar-refractivity contribution >= 4 is 15.9 Å². The first-order valence-electron chi connectivity index (χ1n) is 7.76. The molecule has 1 saturated heterocycles. The highest BCUT2D eigenvalue weighted by Crippen LogP contribution is 2.18. The summed E-state index contributed by atoms with van der Waals surface area (Å²) in [7, 11) is -0.506. The fourth-order valence-corrected chi connectivity index (χ4v) is 3.46. The van der Waals surface area contributed by atoms with E-state index < -0.39 is 10.0 Å². The zero-order chi connectivity index (χ0) is 17.0. The molecule has 0 spiro atoms. The molecule has 0 N–H and O–H groups in total. The van der Waals surface area contributed by atoms with Crippen molar-refractivity contribution in [1.29, 1.82) is 0 Å². The van der Waals surface area contributed by atoms with Gasteiger partial charge >= 0.3 is 0 Å². The monoisotopic (exact) mass is 340 g/mol. The van der Waals surface area contributed by atoms with Gasteiger partial charge in [-0.15, -0.1) is 0 Å². The molecule has 23 heavy (non-hydrogen) atoms. The Morgan fingerprint density at radius 3 is 2.39 bits per heavy atom. The molecule has 1 aliphatic heterocycles. The molecule has 0 radical (unpaired) electrons. The van der Waals surface area contributed by atoms with Crippen LogP contribution >= 0.6 is 0 Å². The Balaban J connectivity index is 2.12. The Kier molecular flexibility index (Phi) is 5.78. The third kappa shape index (κ3) is 4.10. The number of carbonyl (C=O) groups is 1. The van der Waals surface area contributed by atoms with Crippen molar-refractivity contribution in [1.82, 2.24) is 9.21 Å². The van der Waals surface area contributed by atoms with Gasteiger partial charge in [-0.25, -0.2) is 12.7 Å². The minimum Gasteiger partial charge on any atom is -0.381 e. The van der Waals surface area contributed by atoms with Crippen molar-refractivity contribution in [3.05, 3.63) is 29.8 Å². The van der Waals surface area contributed by atoms with Crippen LogP contribution in [0.25, 0.3) is 0 Å². The number of carbonyl (C=O) groups excluding carboxylic acids is 1. The highest BCUT2D eigenvalue weighted by atomic mass is 32.2. The minimum absolute atomic E-state index is 0.0757. The molecule has 6 nitrogen and oxygen atoms in total. The van der Waals surface area contributed by atoms with Crippen LogP contribution in [0.3, 0.4) is 0 Å². The van der Waals surface area contributed by atoms with Gasteiger partial charge in [-0.1, -0.05) is 0 Å². The number of benzene rings is 1. The Bertz CT molecular complexity index is 635. The lowest BCUT2D eigenvalue weighted by molar-refractivity contribution is 0.0730. The average Bonchev–Trinajstić information content (AvgIpc) is 3.05. The van der Waals surface area contributed by atoms with Crippen LogP contribution < -0.4 is 0 Å². The van der Waals surface area contributed by atoms with Gasteiger partial charge in [-0.3, -0.25) is 4.79 Å². The van der Waals surface area contributed by atoms with Crippen LogP contribution in [0.15, 0.2) is 29.2 Å². The number of amides is 1. The second-order valence-corrected chi connectivity index (χ2v) is 8.04. The highest BCUT2D eigenvalue weighted by Gasteiger charge is 2.23. The molecular weight excluding hydrogens is 316 g/mol. The number of rotatable bonds is 6. The normalized spacial score (nSPS) is 18.3. The van der Waals surface area contributed by atoms with Crippen molar-refractivity contribution in [3.63, 3.8) is 0 Å². The maximum absolute atomic E-state index is 12.6. The third-order valence-electron chi connectivity index (χ3n) is 4.05. The molecule has 1 amide bonds. The second kappa shape index (κ2) is 7.42.